The number of anilines is 2. The Balaban J connectivity index is 1.71. The number of nitrogens with zero attached hydrogens (tertiary/aromatic N) is 2. The normalized spacial score (nSPS) is 11.2. The van der Waals surface area contributed by atoms with E-state index in [1.54, 1.807) is 11.3 Å². The fourth-order valence-electron chi connectivity index (χ4n) is 2.60. The summed E-state index contributed by atoms with van der Waals surface area (Å²) in [5.41, 5.74) is 3.30. The van der Waals surface area contributed by atoms with E-state index in [1.807, 2.05) is 24.3 Å². The van der Waals surface area contributed by atoms with Gasteiger partial charge in [0.2, 0.25) is 0 Å². The molecule has 3 heteroatoms. The minimum Gasteiger partial charge on any atom is -0.317 e. The Labute approximate surface area is 145 Å². The quantitative estimate of drug-likeness (QED) is 0.449. The van der Waals surface area contributed by atoms with E-state index in [0.717, 1.165) is 21.9 Å². The number of fused-ring (bicyclic) bond motifs is 1. The lowest BCUT2D eigenvalue weighted by Gasteiger charge is -2.20. The number of rotatable bonds is 4. The van der Waals surface area contributed by atoms with Crippen molar-refractivity contribution < 1.29 is 0 Å². The lowest BCUT2D eigenvalue weighted by Crippen LogP contribution is -2.07. The van der Waals surface area contributed by atoms with Crippen LogP contribution in [-0.2, 0) is 0 Å². The number of benzene rings is 3. The van der Waals surface area contributed by atoms with Crippen molar-refractivity contribution in [3.63, 3.8) is 0 Å². The molecule has 1 heterocycles. The predicted molar refractivity (Wildman–Crippen MR) is 104 cm³/mol. The van der Waals surface area contributed by atoms with Gasteiger partial charge in [0, 0.05) is 17.6 Å². The predicted octanol–water partition coefficient (Wildman–Crippen LogP) is 6.11. The van der Waals surface area contributed by atoms with Gasteiger partial charge in [-0.15, -0.1) is 11.3 Å². The number of thiazole rings is 1. The van der Waals surface area contributed by atoms with Gasteiger partial charge in [0.25, 0.3) is 0 Å². The molecule has 0 fully saturated rings. The standard InChI is InChI=1S/C21H16N2S/c1-3-9-17(10-4-1)23(18-11-5-2-6-12-18)16-15-21-22-19-13-7-8-14-20(19)24-21/h1-16H/b16-15+. The SMILES string of the molecule is C(=C\N(c1ccccc1)c1ccccc1)/c1nc2ccccc2s1. The van der Waals surface area contributed by atoms with Crippen molar-refractivity contribution in [3.8, 4) is 0 Å². The van der Waals surface area contributed by atoms with Crippen LogP contribution in [0.1, 0.15) is 5.01 Å². The average molecular weight is 328 g/mol. The smallest absolute Gasteiger partial charge is 0.118 e. The molecule has 0 radical (unpaired) electrons. The van der Waals surface area contributed by atoms with Crippen LogP contribution >= 0.6 is 11.3 Å². The van der Waals surface area contributed by atoms with E-state index in [0.29, 0.717) is 0 Å². The van der Waals surface area contributed by atoms with Crippen molar-refractivity contribution in [3.05, 3.63) is 96.1 Å². The number of hydrogen-bond donors (Lipinski definition) is 0. The molecule has 0 saturated heterocycles. The van der Waals surface area contributed by atoms with Crippen molar-refractivity contribution >= 4 is 39.0 Å². The molecule has 0 bridgehead atoms. The Morgan fingerprint density at radius 1 is 0.708 bits per heavy atom. The maximum absolute atomic E-state index is 4.68. The molecular weight excluding hydrogens is 312 g/mol. The van der Waals surface area contributed by atoms with Gasteiger partial charge in [0.1, 0.15) is 5.01 Å². The highest BCUT2D eigenvalue weighted by Crippen LogP contribution is 2.27. The van der Waals surface area contributed by atoms with Crippen LogP contribution in [0.15, 0.2) is 91.1 Å². The molecule has 24 heavy (non-hydrogen) atoms. The Bertz CT molecular complexity index is 886. The second-order valence-corrected chi connectivity index (χ2v) is 6.44. The van der Waals surface area contributed by atoms with Gasteiger partial charge in [-0.05, 0) is 42.5 Å². The highest BCUT2D eigenvalue weighted by molar-refractivity contribution is 7.19. The van der Waals surface area contributed by atoms with Crippen LogP contribution in [0.25, 0.3) is 16.3 Å². The molecule has 4 aromatic rings. The number of aromatic nitrogens is 1. The Morgan fingerprint density at radius 3 is 1.92 bits per heavy atom. The monoisotopic (exact) mass is 328 g/mol. The van der Waals surface area contributed by atoms with Crippen molar-refractivity contribution in [2.75, 3.05) is 4.90 Å². The minimum absolute atomic E-state index is 1.01. The summed E-state index contributed by atoms with van der Waals surface area (Å²) in [6.45, 7) is 0. The second kappa shape index (κ2) is 6.69. The maximum Gasteiger partial charge on any atom is 0.118 e. The molecule has 116 valence electrons. The highest BCUT2D eigenvalue weighted by atomic mass is 32.1. The minimum atomic E-state index is 1.01. The largest absolute Gasteiger partial charge is 0.317 e. The van der Waals surface area contributed by atoms with Gasteiger partial charge in [0.15, 0.2) is 0 Å². The van der Waals surface area contributed by atoms with Crippen LogP contribution in [0.3, 0.4) is 0 Å². The first-order valence-electron chi connectivity index (χ1n) is 7.83. The lowest BCUT2D eigenvalue weighted by molar-refractivity contribution is 1.29. The lowest BCUT2D eigenvalue weighted by atomic mass is 10.2. The molecule has 0 atom stereocenters. The first-order chi connectivity index (χ1) is 11.9. The summed E-state index contributed by atoms with van der Waals surface area (Å²) in [7, 11) is 0. The summed E-state index contributed by atoms with van der Waals surface area (Å²) in [5.74, 6) is 0. The summed E-state index contributed by atoms with van der Waals surface area (Å²) in [6.07, 6.45) is 4.16. The van der Waals surface area contributed by atoms with Crippen LogP contribution in [0, 0.1) is 0 Å². The summed E-state index contributed by atoms with van der Waals surface area (Å²) in [6, 6.07) is 28.9. The van der Waals surface area contributed by atoms with E-state index < -0.39 is 0 Å². The molecule has 0 spiro atoms. The van der Waals surface area contributed by atoms with Crippen molar-refractivity contribution in [1.29, 1.82) is 0 Å². The van der Waals surface area contributed by atoms with E-state index in [4.69, 9.17) is 0 Å². The van der Waals surface area contributed by atoms with E-state index in [1.165, 1.54) is 4.70 Å². The molecule has 2 nitrogen and oxygen atoms in total. The number of para-hydroxylation sites is 3. The summed E-state index contributed by atoms with van der Waals surface area (Å²) >= 11 is 1.71. The number of hydrogen-bond acceptors (Lipinski definition) is 3. The summed E-state index contributed by atoms with van der Waals surface area (Å²) in [5, 5.41) is 1.01. The van der Waals surface area contributed by atoms with Gasteiger partial charge in [-0.1, -0.05) is 48.5 Å². The molecule has 0 saturated carbocycles. The molecular formula is C21H16N2S. The van der Waals surface area contributed by atoms with Gasteiger partial charge in [-0.2, -0.15) is 0 Å². The van der Waals surface area contributed by atoms with Crippen LogP contribution in [-0.4, -0.2) is 4.98 Å². The summed E-state index contributed by atoms with van der Waals surface area (Å²) in [4.78, 5) is 6.85. The highest BCUT2D eigenvalue weighted by Gasteiger charge is 2.06. The van der Waals surface area contributed by atoms with Crippen molar-refractivity contribution in [2.45, 2.75) is 0 Å². The fraction of sp³-hybridized carbons (Fsp3) is 0. The zero-order valence-electron chi connectivity index (χ0n) is 13.0. The molecule has 0 aliphatic carbocycles. The molecule has 1 aromatic heterocycles. The van der Waals surface area contributed by atoms with E-state index in [2.05, 4.69) is 82.8 Å². The third-order valence-corrected chi connectivity index (χ3v) is 4.75. The van der Waals surface area contributed by atoms with Gasteiger partial charge in [0.05, 0.1) is 10.2 Å². The van der Waals surface area contributed by atoms with Crippen molar-refractivity contribution in [2.24, 2.45) is 0 Å². The molecule has 0 aliphatic rings. The molecule has 3 aromatic carbocycles. The molecule has 0 N–H and O–H groups in total. The van der Waals surface area contributed by atoms with Crippen LogP contribution in [0.5, 0.6) is 0 Å². The van der Waals surface area contributed by atoms with Gasteiger partial charge in [-0.25, -0.2) is 4.98 Å². The van der Waals surface area contributed by atoms with Crippen LogP contribution in [0.2, 0.25) is 0 Å². The Kier molecular flexibility index (Phi) is 4.09. The third-order valence-electron chi connectivity index (χ3n) is 3.75. The zero-order valence-corrected chi connectivity index (χ0v) is 13.9. The second-order valence-electron chi connectivity index (χ2n) is 5.38. The molecule has 0 amide bonds. The topological polar surface area (TPSA) is 16.1 Å². The van der Waals surface area contributed by atoms with Gasteiger partial charge in [-0.3, -0.25) is 0 Å². The van der Waals surface area contributed by atoms with Crippen molar-refractivity contribution in [1.82, 2.24) is 4.98 Å². The first kappa shape index (κ1) is 14.7. The molecule has 4 rings (SSSR count). The molecule has 0 unspecified atom stereocenters. The first-order valence-corrected chi connectivity index (χ1v) is 8.65. The van der Waals surface area contributed by atoms with Gasteiger partial charge >= 0.3 is 0 Å². The van der Waals surface area contributed by atoms with Gasteiger partial charge < -0.3 is 4.90 Å². The van der Waals surface area contributed by atoms with Crippen LogP contribution < -0.4 is 4.90 Å². The Morgan fingerprint density at radius 2 is 1.29 bits per heavy atom. The zero-order chi connectivity index (χ0) is 16.2. The third kappa shape index (κ3) is 3.07. The van der Waals surface area contributed by atoms with E-state index in [-0.39, 0.29) is 0 Å². The molecule has 0 aliphatic heterocycles. The maximum atomic E-state index is 4.68. The van der Waals surface area contributed by atoms with Crippen LogP contribution in [0.4, 0.5) is 11.4 Å². The fourth-order valence-corrected chi connectivity index (χ4v) is 3.46. The van der Waals surface area contributed by atoms with E-state index in [9.17, 15) is 0 Å². The summed E-state index contributed by atoms with van der Waals surface area (Å²) < 4.78 is 1.21. The van der Waals surface area contributed by atoms with E-state index >= 15 is 0 Å². The Hall–Kier alpha value is -2.91. The average Bonchev–Trinajstić information content (AvgIpc) is 3.07.